The summed E-state index contributed by atoms with van der Waals surface area (Å²) in [6, 6.07) is 10.4. The maximum absolute atomic E-state index is 11.7. The first-order valence-electron chi connectivity index (χ1n) is 7.06. The Kier molecular flexibility index (Phi) is 6.80. The molecule has 0 unspecified atom stereocenters. The highest BCUT2D eigenvalue weighted by molar-refractivity contribution is 6.30. The van der Waals surface area contributed by atoms with Crippen LogP contribution in [0.5, 0.6) is 11.6 Å². The Morgan fingerprint density at radius 1 is 1.22 bits per heavy atom. The van der Waals surface area contributed by atoms with Crippen LogP contribution in [0.25, 0.3) is 0 Å². The van der Waals surface area contributed by atoms with Crippen LogP contribution in [0.15, 0.2) is 42.6 Å². The molecule has 1 aromatic heterocycles. The van der Waals surface area contributed by atoms with Crippen molar-refractivity contribution in [2.24, 2.45) is 0 Å². The minimum absolute atomic E-state index is 0.144. The number of aromatic nitrogens is 1. The number of nitrogens with one attached hydrogen (secondary N) is 2. The van der Waals surface area contributed by atoms with E-state index in [9.17, 15) is 4.79 Å². The van der Waals surface area contributed by atoms with Gasteiger partial charge in [-0.2, -0.15) is 0 Å². The summed E-state index contributed by atoms with van der Waals surface area (Å²) in [5.41, 5.74) is 0.604. The second-order valence-electron chi connectivity index (χ2n) is 4.66. The summed E-state index contributed by atoms with van der Waals surface area (Å²) in [5, 5.41) is 6.34. The molecule has 0 spiro atoms. The van der Waals surface area contributed by atoms with Crippen LogP contribution in [0.3, 0.4) is 0 Å². The number of hydrogen-bond acceptors (Lipinski definition) is 5. The molecule has 2 aromatic rings. The minimum atomic E-state index is -0.144. The van der Waals surface area contributed by atoms with Gasteiger partial charge in [-0.3, -0.25) is 4.79 Å². The standard InChI is InChI=1S/C16H18ClN3O3/c1-22-9-8-18-11-15(21)20-13-4-7-16(19-10-13)23-14-5-2-12(17)3-6-14/h2-7,10,18H,8-9,11H2,1H3,(H,20,21). The summed E-state index contributed by atoms with van der Waals surface area (Å²) in [4.78, 5) is 15.8. The van der Waals surface area contributed by atoms with E-state index < -0.39 is 0 Å². The number of ether oxygens (including phenoxy) is 2. The average molecular weight is 336 g/mol. The van der Waals surface area contributed by atoms with Crippen LogP contribution in [0.1, 0.15) is 0 Å². The van der Waals surface area contributed by atoms with E-state index in [2.05, 4.69) is 15.6 Å². The molecular formula is C16H18ClN3O3. The molecule has 0 aliphatic carbocycles. The third-order valence-electron chi connectivity index (χ3n) is 2.82. The Bertz CT molecular complexity index is 617. The highest BCUT2D eigenvalue weighted by Gasteiger charge is 2.03. The molecule has 0 aliphatic rings. The fraction of sp³-hybridized carbons (Fsp3) is 0.250. The average Bonchev–Trinajstić information content (AvgIpc) is 2.56. The van der Waals surface area contributed by atoms with Crippen molar-refractivity contribution in [1.29, 1.82) is 0 Å². The van der Waals surface area contributed by atoms with Gasteiger partial charge in [-0.1, -0.05) is 11.6 Å². The molecule has 0 saturated heterocycles. The van der Waals surface area contributed by atoms with Crippen LogP contribution in [0.4, 0.5) is 5.69 Å². The van der Waals surface area contributed by atoms with Gasteiger partial charge in [0.25, 0.3) is 0 Å². The first-order chi connectivity index (χ1) is 11.2. The van der Waals surface area contributed by atoms with Gasteiger partial charge in [0.1, 0.15) is 5.75 Å². The zero-order chi connectivity index (χ0) is 16.5. The summed E-state index contributed by atoms with van der Waals surface area (Å²) in [5.74, 6) is 0.929. The van der Waals surface area contributed by atoms with Crippen molar-refractivity contribution in [3.63, 3.8) is 0 Å². The number of anilines is 1. The summed E-state index contributed by atoms with van der Waals surface area (Å²) in [6.07, 6.45) is 1.54. The van der Waals surface area contributed by atoms with Crippen LogP contribution in [-0.2, 0) is 9.53 Å². The lowest BCUT2D eigenvalue weighted by molar-refractivity contribution is -0.115. The maximum Gasteiger partial charge on any atom is 0.238 e. The van der Waals surface area contributed by atoms with Crippen molar-refractivity contribution >= 4 is 23.2 Å². The Morgan fingerprint density at radius 2 is 2.00 bits per heavy atom. The van der Waals surface area contributed by atoms with Crippen molar-refractivity contribution in [3.8, 4) is 11.6 Å². The van der Waals surface area contributed by atoms with Gasteiger partial charge in [-0.25, -0.2) is 4.98 Å². The molecule has 0 bridgehead atoms. The molecule has 1 aromatic carbocycles. The summed E-state index contributed by atoms with van der Waals surface area (Å²) in [6.45, 7) is 1.40. The van der Waals surface area contributed by atoms with E-state index in [0.29, 0.717) is 35.5 Å². The zero-order valence-corrected chi connectivity index (χ0v) is 13.5. The second kappa shape index (κ2) is 9.09. The van der Waals surface area contributed by atoms with E-state index in [1.54, 1.807) is 43.5 Å². The first kappa shape index (κ1) is 17.2. The highest BCUT2D eigenvalue weighted by atomic mass is 35.5. The van der Waals surface area contributed by atoms with Gasteiger partial charge in [0.2, 0.25) is 11.8 Å². The highest BCUT2D eigenvalue weighted by Crippen LogP contribution is 2.22. The van der Waals surface area contributed by atoms with Gasteiger partial charge >= 0.3 is 0 Å². The molecule has 1 amide bonds. The van der Waals surface area contributed by atoms with Gasteiger partial charge in [-0.15, -0.1) is 0 Å². The quantitative estimate of drug-likeness (QED) is 0.726. The van der Waals surface area contributed by atoms with Crippen molar-refractivity contribution in [2.75, 3.05) is 32.1 Å². The molecule has 1 heterocycles. The molecule has 0 radical (unpaired) electrons. The van der Waals surface area contributed by atoms with Gasteiger partial charge in [0.05, 0.1) is 25.0 Å². The van der Waals surface area contributed by atoms with Crippen LogP contribution in [-0.4, -0.2) is 37.7 Å². The fourth-order valence-corrected chi connectivity index (χ4v) is 1.85. The third-order valence-corrected chi connectivity index (χ3v) is 3.08. The van der Waals surface area contributed by atoms with E-state index in [0.717, 1.165) is 0 Å². The Hall–Kier alpha value is -2.15. The monoisotopic (exact) mass is 335 g/mol. The number of benzene rings is 1. The Labute approximate surface area is 139 Å². The lowest BCUT2D eigenvalue weighted by Gasteiger charge is -2.08. The lowest BCUT2D eigenvalue weighted by Crippen LogP contribution is -2.30. The molecule has 122 valence electrons. The van der Waals surface area contributed by atoms with E-state index in [1.807, 2.05) is 0 Å². The van der Waals surface area contributed by atoms with Crippen molar-refractivity contribution in [3.05, 3.63) is 47.6 Å². The van der Waals surface area contributed by atoms with Gasteiger partial charge < -0.3 is 20.1 Å². The SMILES string of the molecule is COCCNCC(=O)Nc1ccc(Oc2ccc(Cl)cc2)nc1. The minimum Gasteiger partial charge on any atom is -0.439 e. The van der Waals surface area contributed by atoms with Gasteiger partial charge in [-0.05, 0) is 30.3 Å². The van der Waals surface area contributed by atoms with E-state index >= 15 is 0 Å². The molecular weight excluding hydrogens is 318 g/mol. The van der Waals surface area contributed by atoms with Gasteiger partial charge in [0, 0.05) is 24.7 Å². The molecule has 2 rings (SSSR count). The number of carbonyl (C=O) groups excluding carboxylic acids is 1. The predicted molar refractivity (Wildman–Crippen MR) is 89.1 cm³/mol. The number of pyridine rings is 1. The predicted octanol–water partition coefficient (Wildman–Crippen LogP) is 2.70. The van der Waals surface area contributed by atoms with E-state index in [4.69, 9.17) is 21.1 Å². The zero-order valence-electron chi connectivity index (χ0n) is 12.7. The largest absolute Gasteiger partial charge is 0.439 e. The van der Waals surface area contributed by atoms with Gasteiger partial charge in [0.15, 0.2) is 0 Å². The van der Waals surface area contributed by atoms with Crippen LogP contribution >= 0.6 is 11.6 Å². The van der Waals surface area contributed by atoms with Crippen LogP contribution < -0.4 is 15.4 Å². The van der Waals surface area contributed by atoms with Crippen LogP contribution in [0.2, 0.25) is 5.02 Å². The maximum atomic E-state index is 11.7. The van der Waals surface area contributed by atoms with E-state index in [-0.39, 0.29) is 12.5 Å². The number of hydrogen-bond donors (Lipinski definition) is 2. The number of methoxy groups -OCH3 is 1. The molecule has 0 fully saturated rings. The van der Waals surface area contributed by atoms with Crippen molar-refractivity contribution in [2.45, 2.75) is 0 Å². The van der Waals surface area contributed by atoms with E-state index in [1.165, 1.54) is 6.20 Å². The number of carbonyl (C=O) groups is 1. The lowest BCUT2D eigenvalue weighted by atomic mass is 10.3. The topological polar surface area (TPSA) is 72.5 Å². The Morgan fingerprint density at radius 3 is 2.65 bits per heavy atom. The summed E-state index contributed by atoms with van der Waals surface area (Å²) < 4.78 is 10.5. The molecule has 2 N–H and O–H groups in total. The second-order valence-corrected chi connectivity index (χ2v) is 5.10. The molecule has 0 aliphatic heterocycles. The fourth-order valence-electron chi connectivity index (χ4n) is 1.72. The number of rotatable bonds is 8. The van der Waals surface area contributed by atoms with Crippen LogP contribution in [0, 0.1) is 0 Å². The molecule has 0 atom stereocenters. The van der Waals surface area contributed by atoms with Crippen molar-refractivity contribution < 1.29 is 14.3 Å². The molecule has 6 nitrogen and oxygen atoms in total. The number of halogens is 1. The molecule has 7 heteroatoms. The molecule has 0 saturated carbocycles. The van der Waals surface area contributed by atoms with Crippen molar-refractivity contribution in [1.82, 2.24) is 10.3 Å². The molecule has 23 heavy (non-hydrogen) atoms. The number of amides is 1. The number of nitrogens with zero attached hydrogens (tertiary/aromatic N) is 1. The summed E-state index contributed by atoms with van der Waals surface area (Å²) in [7, 11) is 1.61. The Balaban J connectivity index is 1.82. The normalized spacial score (nSPS) is 10.3. The smallest absolute Gasteiger partial charge is 0.238 e. The third kappa shape index (κ3) is 6.23. The summed E-state index contributed by atoms with van der Waals surface area (Å²) >= 11 is 5.81. The first-order valence-corrected chi connectivity index (χ1v) is 7.44.